The van der Waals surface area contributed by atoms with E-state index in [-0.39, 0.29) is 11.9 Å². The third kappa shape index (κ3) is 4.82. The van der Waals surface area contributed by atoms with Crippen LogP contribution in [0.4, 0.5) is 5.82 Å². The SMILES string of the molecule is CNc1cc(CN(C)C(C)=O)nc([C@H]2CCCCN2Cc2cccc3cccnc23)n1. The summed E-state index contributed by atoms with van der Waals surface area (Å²) >= 11 is 0. The van der Waals surface area contributed by atoms with Crippen LogP contribution < -0.4 is 5.32 Å². The van der Waals surface area contributed by atoms with Crippen LogP contribution in [-0.4, -0.2) is 51.3 Å². The number of anilines is 1. The number of amides is 1. The van der Waals surface area contributed by atoms with E-state index in [9.17, 15) is 4.79 Å². The zero-order chi connectivity index (χ0) is 21.8. The molecule has 1 aliphatic heterocycles. The Hall–Kier alpha value is -3.06. The molecule has 31 heavy (non-hydrogen) atoms. The van der Waals surface area contributed by atoms with Gasteiger partial charge in [0.25, 0.3) is 0 Å². The van der Waals surface area contributed by atoms with Crippen molar-refractivity contribution in [1.29, 1.82) is 0 Å². The molecule has 0 saturated carbocycles. The summed E-state index contributed by atoms with van der Waals surface area (Å²) in [5, 5.41) is 4.32. The molecule has 0 spiro atoms. The van der Waals surface area contributed by atoms with Crippen molar-refractivity contribution in [3.63, 3.8) is 0 Å². The van der Waals surface area contributed by atoms with Crippen molar-refractivity contribution < 1.29 is 4.79 Å². The molecule has 0 unspecified atom stereocenters. The highest BCUT2D eigenvalue weighted by Crippen LogP contribution is 2.32. The van der Waals surface area contributed by atoms with Crippen molar-refractivity contribution in [2.75, 3.05) is 26.0 Å². The van der Waals surface area contributed by atoms with Gasteiger partial charge in [-0.25, -0.2) is 9.97 Å². The van der Waals surface area contributed by atoms with Gasteiger partial charge in [0.2, 0.25) is 5.91 Å². The van der Waals surface area contributed by atoms with E-state index in [4.69, 9.17) is 9.97 Å². The van der Waals surface area contributed by atoms with Crippen LogP contribution in [0.1, 0.15) is 49.3 Å². The first-order valence-electron chi connectivity index (χ1n) is 10.9. The topological polar surface area (TPSA) is 74.2 Å². The number of likely N-dealkylation sites (tertiary alicyclic amines) is 1. The highest BCUT2D eigenvalue weighted by Gasteiger charge is 2.27. The summed E-state index contributed by atoms with van der Waals surface area (Å²) in [5.41, 5.74) is 3.14. The molecule has 3 heterocycles. The van der Waals surface area contributed by atoms with Crippen LogP contribution in [0.2, 0.25) is 0 Å². The average Bonchev–Trinajstić information content (AvgIpc) is 2.79. The number of piperidine rings is 1. The summed E-state index contributed by atoms with van der Waals surface area (Å²) < 4.78 is 0. The third-order valence-electron chi connectivity index (χ3n) is 5.99. The van der Waals surface area contributed by atoms with Crippen molar-refractivity contribution in [3.05, 3.63) is 59.7 Å². The minimum atomic E-state index is 0.0221. The lowest BCUT2D eigenvalue weighted by Gasteiger charge is -2.35. The number of carbonyl (C=O) groups is 1. The Bertz CT molecular complexity index is 1060. The van der Waals surface area contributed by atoms with Crippen molar-refractivity contribution >= 4 is 22.6 Å². The summed E-state index contributed by atoms with van der Waals surface area (Å²) in [6, 6.07) is 12.5. The predicted octanol–water partition coefficient (Wildman–Crippen LogP) is 3.77. The molecule has 4 rings (SSSR count). The summed E-state index contributed by atoms with van der Waals surface area (Å²) in [4.78, 5) is 30.2. The first-order valence-corrected chi connectivity index (χ1v) is 10.9. The van der Waals surface area contributed by atoms with Crippen molar-refractivity contribution in [1.82, 2.24) is 24.8 Å². The number of nitrogens with zero attached hydrogens (tertiary/aromatic N) is 5. The smallest absolute Gasteiger partial charge is 0.219 e. The molecule has 162 valence electrons. The van der Waals surface area contributed by atoms with Crippen LogP contribution in [0.3, 0.4) is 0 Å². The summed E-state index contributed by atoms with van der Waals surface area (Å²) in [7, 11) is 3.66. The monoisotopic (exact) mass is 418 g/mol. The molecule has 7 heteroatoms. The van der Waals surface area contributed by atoms with Crippen LogP contribution >= 0.6 is 0 Å². The Labute approximate surface area is 183 Å². The Morgan fingerprint density at radius 3 is 2.87 bits per heavy atom. The fourth-order valence-corrected chi connectivity index (χ4v) is 4.22. The number of carbonyl (C=O) groups excluding carboxylic acids is 1. The highest BCUT2D eigenvalue weighted by molar-refractivity contribution is 5.81. The molecular weight excluding hydrogens is 388 g/mol. The average molecular weight is 419 g/mol. The van der Waals surface area contributed by atoms with E-state index in [2.05, 4.69) is 39.5 Å². The molecule has 1 aromatic carbocycles. The Morgan fingerprint density at radius 1 is 1.23 bits per heavy atom. The second kappa shape index (κ2) is 9.39. The Kier molecular flexibility index (Phi) is 6.42. The quantitative estimate of drug-likeness (QED) is 0.657. The minimum Gasteiger partial charge on any atom is -0.373 e. The number of para-hydroxylation sites is 1. The van der Waals surface area contributed by atoms with E-state index in [1.807, 2.05) is 25.4 Å². The van der Waals surface area contributed by atoms with E-state index in [1.54, 1.807) is 18.9 Å². The molecule has 1 N–H and O–H groups in total. The number of fused-ring (bicyclic) bond motifs is 1. The molecule has 7 nitrogen and oxygen atoms in total. The van der Waals surface area contributed by atoms with E-state index < -0.39 is 0 Å². The van der Waals surface area contributed by atoms with Gasteiger partial charge in [-0.2, -0.15) is 0 Å². The number of hydrogen-bond acceptors (Lipinski definition) is 6. The maximum Gasteiger partial charge on any atom is 0.219 e. The number of aromatic nitrogens is 3. The van der Waals surface area contributed by atoms with Crippen molar-refractivity contribution in [2.24, 2.45) is 0 Å². The van der Waals surface area contributed by atoms with Crippen LogP contribution in [0, 0.1) is 0 Å². The molecule has 1 saturated heterocycles. The maximum absolute atomic E-state index is 11.7. The van der Waals surface area contributed by atoms with Crippen molar-refractivity contribution in [3.8, 4) is 0 Å². The Morgan fingerprint density at radius 2 is 2.06 bits per heavy atom. The molecular formula is C24H30N6O. The fourth-order valence-electron chi connectivity index (χ4n) is 4.22. The maximum atomic E-state index is 11.7. The van der Waals surface area contributed by atoms with Gasteiger partial charge in [-0.3, -0.25) is 14.7 Å². The molecule has 0 aliphatic carbocycles. The summed E-state index contributed by atoms with van der Waals surface area (Å²) in [5.74, 6) is 1.63. The first-order chi connectivity index (χ1) is 15.0. The predicted molar refractivity (Wildman–Crippen MR) is 122 cm³/mol. The number of hydrogen-bond donors (Lipinski definition) is 1. The number of nitrogens with one attached hydrogen (secondary N) is 1. The zero-order valence-corrected chi connectivity index (χ0v) is 18.5. The minimum absolute atomic E-state index is 0.0221. The lowest BCUT2D eigenvalue weighted by molar-refractivity contribution is -0.128. The highest BCUT2D eigenvalue weighted by atomic mass is 16.2. The lowest BCUT2D eigenvalue weighted by atomic mass is 9.99. The van der Waals surface area contributed by atoms with Gasteiger partial charge in [0, 0.05) is 45.2 Å². The van der Waals surface area contributed by atoms with E-state index in [1.165, 1.54) is 12.0 Å². The van der Waals surface area contributed by atoms with E-state index in [0.717, 1.165) is 54.2 Å². The summed E-state index contributed by atoms with van der Waals surface area (Å²) in [6.45, 7) is 3.86. The van der Waals surface area contributed by atoms with Gasteiger partial charge < -0.3 is 10.2 Å². The van der Waals surface area contributed by atoms with Gasteiger partial charge >= 0.3 is 0 Å². The van der Waals surface area contributed by atoms with Crippen LogP contribution in [0.25, 0.3) is 10.9 Å². The second-order valence-corrected chi connectivity index (χ2v) is 8.20. The second-order valence-electron chi connectivity index (χ2n) is 8.20. The molecule has 0 radical (unpaired) electrons. The van der Waals surface area contributed by atoms with E-state index in [0.29, 0.717) is 6.54 Å². The molecule has 1 aliphatic rings. The van der Waals surface area contributed by atoms with Gasteiger partial charge in [0.05, 0.1) is 23.8 Å². The van der Waals surface area contributed by atoms with Crippen molar-refractivity contribution in [2.45, 2.75) is 45.3 Å². The normalized spacial score (nSPS) is 16.9. The van der Waals surface area contributed by atoms with Crippen LogP contribution in [0.15, 0.2) is 42.6 Å². The molecule has 0 bridgehead atoms. The fraction of sp³-hybridized carbons (Fsp3) is 0.417. The van der Waals surface area contributed by atoms with Crippen LogP contribution in [0.5, 0.6) is 0 Å². The van der Waals surface area contributed by atoms with Gasteiger partial charge in [-0.15, -0.1) is 0 Å². The zero-order valence-electron chi connectivity index (χ0n) is 18.5. The van der Waals surface area contributed by atoms with Gasteiger partial charge in [0.1, 0.15) is 11.6 Å². The number of benzene rings is 1. The van der Waals surface area contributed by atoms with Gasteiger partial charge in [-0.05, 0) is 31.0 Å². The molecule has 1 amide bonds. The van der Waals surface area contributed by atoms with Crippen LogP contribution in [-0.2, 0) is 17.9 Å². The molecule has 3 aromatic rings. The lowest BCUT2D eigenvalue weighted by Crippen LogP contribution is -2.34. The molecule has 2 aromatic heterocycles. The standard InChI is InChI=1S/C24H30N6O/c1-17(31)29(3)16-20-14-22(25-2)28-24(27-20)21-11-4-5-13-30(21)15-19-9-6-8-18-10-7-12-26-23(18)19/h6-10,12,14,21H,4-5,11,13,15-16H2,1-3H3,(H,25,27,28)/t21-/m1/s1. The Balaban J connectivity index is 1.64. The third-order valence-corrected chi connectivity index (χ3v) is 5.99. The largest absolute Gasteiger partial charge is 0.373 e. The molecule has 1 fully saturated rings. The number of rotatable bonds is 6. The number of pyridine rings is 1. The molecule has 1 atom stereocenters. The summed E-state index contributed by atoms with van der Waals surface area (Å²) in [6.07, 6.45) is 5.20. The first kappa shape index (κ1) is 21.2. The van der Waals surface area contributed by atoms with E-state index >= 15 is 0 Å². The van der Waals surface area contributed by atoms with Gasteiger partial charge in [0.15, 0.2) is 0 Å². The van der Waals surface area contributed by atoms with Gasteiger partial charge in [-0.1, -0.05) is 30.7 Å².